The van der Waals surface area contributed by atoms with Gasteiger partial charge in [-0.15, -0.1) is 0 Å². The quantitative estimate of drug-likeness (QED) is 0.500. The monoisotopic (exact) mass is 425 g/mol. The van der Waals surface area contributed by atoms with E-state index in [1.165, 1.54) is 9.60 Å². The van der Waals surface area contributed by atoms with Crippen LogP contribution in [-0.2, 0) is 16.1 Å². The van der Waals surface area contributed by atoms with Crippen molar-refractivity contribution in [3.8, 4) is 17.2 Å². The van der Waals surface area contributed by atoms with Crippen molar-refractivity contribution in [3.05, 3.63) is 48.0 Å². The van der Waals surface area contributed by atoms with E-state index in [0.29, 0.717) is 31.2 Å². The smallest absolute Gasteiger partial charge is 0.497 e. The van der Waals surface area contributed by atoms with Crippen molar-refractivity contribution in [1.29, 1.82) is 0 Å². The van der Waals surface area contributed by atoms with Crippen LogP contribution in [-0.4, -0.2) is 61.6 Å². The van der Waals surface area contributed by atoms with Gasteiger partial charge in [0.05, 0.1) is 20.8 Å². The minimum absolute atomic E-state index is 0.138. The summed E-state index contributed by atoms with van der Waals surface area (Å²) in [6.45, 7) is 3.69. The lowest BCUT2D eigenvalue weighted by Gasteiger charge is -2.27. The number of ether oxygens (including phenoxy) is 3. The lowest BCUT2D eigenvalue weighted by Crippen LogP contribution is -2.51. The molecule has 0 aliphatic carbocycles. The Bertz CT molecular complexity index is 999. The number of amides is 2. The molecule has 2 aliphatic rings. The van der Waals surface area contributed by atoms with Crippen LogP contribution in [0.1, 0.15) is 12.5 Å². The molecule has 2 aliphatic heterocycles. The highest BCUT2D eigenvalue weighted by atomic mass is 16.5. The molecule has 162 valence electrons. The summed E-state index contributed by atoms with van der Waals surface area (Å²) >= 11 is 0. The van der Waals surface area contributed by atoms with Crippen LogP contribution in [0.5, 0.6) is 17.2 Å². The molecule has 31 heavy (non-hydrogen) atoms. The predicted molar refractivity (Wildman–Crippen MR) is 111 cm³/mol. The molecular formula is C22H25N4O5+. The van der Waals surface area contributed by atoms with Crippen LogP contribution in [0.2, 0.25) is 0 Å². The summed E-state index contributed by atoms with van der Waals surface area (Å²) in [6.07, 6.45) is -0.573. The zero-order valence-corrected chi connectivity index (χ0v) is 17.8. The molecule has 0 bridgehead atoms. The summed E-state index contributed by atoms with van der Waals surface area (Å²) in [5.74, 6) is 0.782. The number of azo groups is 2. The summed E-state index contributed by atoms with van der Waals surface area (Å²) in [5.41, 5.74) is 1.66. The van der Waals surface area contributed by atoms with Gasteiger partial charge < -0.3 is 19.1 Å². The number of carbonyl (C=O) groups excluding carboxylic acids is 2. The zero-order chi connectivity index (χ0) is 22.0. The molecule has 1 fully saturated rings. The van der Waals surface area contributed by atoms with Crippen LogP contribution in [0.3, 0.4) is 0 Å². The number of methoxy groups -OCH3 is 2. The van der Waals surface area contributed by atoms with Gasteiger partial charge in [-0.3, -0.25) is 9.69 Å². The van der Waals surface area contributed by atoms with Gasteiger partial charge in [-0.05, 0) is 48.0 Å². The summed E-state index contributed by atoms with van der Waals surface area (Å²) in [7, 11) is 3.12. The molecule has 2 aromatic carbocycles. The Balaban J connectivity index is 1.63. The maximum Gasteiger partial charge on any atom is 0.502 e. The van der Waals surface area contributed by atoms with Crippen molar-refractivity contribution in [2.45, 2.75) is 19.8 Å². The predicted octanol–water partition coefficient (Wildman–Crippen LogP) is 2.24. The number of nitrogens with zero attached hydrogens (tertiary/aromatic N) is 4. The van der Waals surface area contributed by atoms with E-state index < -0.39 is 18.1 Å². The van der Waals surface area contributed by atoms with Crippen molar-refractivity contribution in [2.24, 2.45) is 5.11 Å². The first-order valence-electron chi connectivity index (χ1n) is 10.1. The Morgan fingerprint density at radius 3 is 2.23 bits per heavy atom. The van der Waals surface area contributed by atoms with E-state index in [9.17, 15) is 9.59 Å². The van der Waals surface area contributed by atoms with E-state index >= 15 is 0 Å². The second-order valence-electron chi connectivity index (χ2n) is 7.16. The molecule has 9 heteroatoms. The number of hydrogen-bond donors (Lipinski definition) is 0. The summed E-state index contributed by atoms with van der Waals surface area (Å²) in [6, 6.07) is 13.0. The Kier molecular flexibility index (Phi) is 5.75. The highest BCUT2D eigenvalue weighted by Gasteiger charge is 2.49. The molecule has 4 rings (SSSR count). The average Bonchev–Trinajstić information content (AvgIpc) is 3.21. The molecule has 1 atom stereocenters. The van der Waals surface area contributed by atoms with Crippen molar-refractivity contribution < 1.29 is 28.5 Å². The van der Waals surface area contributed by atoms with Gasteiger partial charge in [0, 0.05) is 35.5 Å². The Labute approximate surface area is 180 Å². The topological polar surface area (TPSA) is 83.7 Å². The van der Waals surface area contributed by atoms with Gasteiger partial charge in [-0.2, -0.15) is 0 Å². The largest absolute Gasteiger partial charge is 0.502 e. The zero-order valence-electron chi connectivity index (χ0n) is 17.8. The van der Waals surface area contributed by atoms with E-state index in [2.05, 4.69) is 5.11 Å². The minimum atomic E-state index is -0.647. The van der Waals surface area contributed by atoms with Crippen molar-refractivity contribution in [3.63, 3.8) is 0 Å². The molecule has 1 unspecified atom stereocenters. The third-order valence-electron chi connectivity index (χ3n) is 5.28. The number of benzene rings is 2. The first-order chi connectivity index (χ1) is 15.0. The fourth-order valence-corrected chi connectivity index (χ4v) is 3.76. The van der Waals surface area contributed by atoms with Gasteiger partial charge in [-0.1, -0.05) is 0 Å². The number of hydrogen-bond acceptors (Lipinski definition) is 7. The number of anilines is 1. The number of fused-ring (bicyclic) bond motifs is 1. The van der Waals surface area contributed by atoms with Crippen LogP contribution in [0.4, 0.5) is 5.69 Å². The highest BCUT2D eigenvalue weighted by molar-refractivity contribution is 6.31. The fraction of sp³-hybridized carbons (Fsp3) is 0.364. The van der Waals surface area contributed by atoms with Crippen molar-refractivity contribution in [2.75, 3.05) is 38.8 Å². The molecule has 1 saturated heterocycles. The lowest BCUT2D eigenvalue weighted by atomic mass is 10.2. The standard InChI is InChI=1S/C22H25N4O5/c1-4-31-17-7-5-16(6-8-17)24-9-10-25-20(27)21(28)26(23-22(24)25)14-15-11-18(29-2)13-19(12-15)30-3/h5-8,11-13,22H,4,9-10,14H2,1-3H3/q+1. The van der Waals surface area contributed by atoms with Crippen LogP contribution in [0.25, 0.3) is 0 Å². The highest BCUT2D eigenvalue weighted by Crippen LogP contribution is 2.29. The molecule has 0 spiro atoms. The number of rotatable bonds is 7. The second-order valence-corrected chi connectivity index (χ2v) is 7.16. The molecule has 2 heterocycles. The van der Waals surface area contributed by atoms with Crippen LogP contribution in [0, 0.1) is 0 Å². The second kappa shape index (κ2) is 8.63. The maximum atomic E-state index is 12.7. The number of carbonyl (C=O) groups is 2. The van der Waals surface area contributed by atoms with E-state index in [1.807, 2.05) is 36.1 Å². The maximum absolute atomic E-state index is 12.7. The summed E-state index contributed by atoms with van der Waals surface area (Å²) < 4.78 is 17.3. The molecule has 0 saturated carbocycles. The average molecular weight is 425 g/mol. The van der Waals surface area contributed by atoms with Gasteiger partial charge >= 0.3 is 11.8 Å². The van der Waals surface area contributed by atoms with Crippen LogP contribution >= 0.6 is 0 Å². The summed E-state index contributed by atoms with van der Waals surface area (Å²) in [5, 5.41) is 4.60. The van der Waals surface area contributed by atoms with Crippen LogP contribution < -0.4 is 19.1 Å². The summed E-state index contributed by atoms with van der Waals surface area (Å²) in [4.78, 5) is 28.9. The third kappa shape index (κ3) is 4.03. The van der Waals surface area contributed by atoms with Crippen molar-refractivity contribution in [1.82, 2.24) is 4.90 Å². The Morgan fingerprint density at radius 2 is 1.61 bits per heavy atom. The molecule has 0 radical (unpaired) electrons. The first-order valence-corrected chi connectivity index (χ1v) is 10.1. The normalized spacial score (nSPS) is 18.0. The van der Waals surface area contributed by atoms with Crippen LogP contribution in [0.15, 0.2) is 47.6 Å². The third-order valence-corrected chi connectivity index (χ3v) is 5.28. The van der Waals surface area contributed by atoms with Gasteiger partial charge in [0.15, 0.2) is 0 Å². The minimum Gasteiger partial charge on any atom is -0.497 e. The Morgan fingerprint density at radius 1 is 0.968 bits per heavy atom. The molecule has 0 N–H and O–H groups in total. The van der Waals surface area contributed by atoms with E-state index in [1.54, 1.807) is 32.4 Å². The molecule has 9 nitrogen and oxygen atoms in total. The molecular weight excluding hydrogens is 400 g/mol. The van der Waals surface area contributed by atoms with E-state index in [-0.39, 0.29) is 6.54 Å². The molecule has 2 aromatic rings. The van der Waals surface area contributed by atoms with E-state index in [0.717, 1.165) is 17.0 Å². The fourth-order valence-electron chi connectivity index (χ4n) is 3.76. The van der Waals surface area contributed by atoms with Gasteiger partial charge in [0.25, 0.3) is 6.29 Å². The van der Waals surface area contributed by atoms with Gasteiger partial charge in [0.2, 0.25) is 6.54 Å². The lowest BCUT2D eigenvalue weighted by molar-refractivity contribution is -0.534. The first kappa shape index (κ1) is 20.6. The Hall–Kier alpha value is -3.62. The SMILES string of the molecule is CCOc1ccc(N2CCN3C(=O)C(=O)[N+](Cc4cc(OC)cc(OC)c4)=NC32)cc1. The molecule has 0 aromatic heterocycles. The van der Waals surface area contributed by atoms with Gasteiger partial charge in [-0.25, -0.2) is 4.79 Å². The van der Waals surface area contributed by atoms with Gasteiger partial charge in [0.1, 0.15) is 17.2 Å². The molecule has 2 amide bonds. The van der Waals surface area contributed by atoms with E-state index in [4.69, 9.17) is 14.2 Å². The van der Waals surface area contributed by atoms with Crippen molar-refractivity contribution >= 4 is 17.5 Å².